The maximum Gasteiger partial charge on any atom is 0.133 e. The summed E-state index contributed by atoms with van der Waals surface area (Å²) in [7, 11) is 2.18. The number of pyridine rings is 2. The Hall–Kier alpha value is -2.89. The molecule has 0 atom stereocenters. The second-order valence-electron chi connectivity index (χ2n) is 7.76. The lowest BCUT2D eigenvalue weighted by Gasteiger charge is -2.17. The highest BCUT2D eigenvalue weighted by molar-refractivity contribution is 6.31. The summed E-state index contributed by atoms with van der Waals surface area (Å²) in [4.78, 5) is 11.3. The fourth-order valence-corrected chi connectivity index (χ4v) is 3.94. The first-order valence-corrected chi connectivity index (χ1v) is 11.1. The molecule has 0 amide bonds. The first-order chi connectivity index (χ1) is 15.2. The Morgan fingerprint density at radius 3 is 2.48 bits per heavy atom. The van der Waals surface area contributed by atoms with Gasteiger partial charge in [0.05, 0.1) is 5.52 Å². The van der Waals surface area contributed by atoms with Crippen molar-refractivity contribution in [3.8, 4) is 0 Å². The zero-order valence-corrected chi connectivity index (χ0v) is 18.6. The third-order valence-electron chi connectivity index (χ3n) is 5.42. The molecular formula is C25H28ClN5. The molecule has 2 aromatic carbocycles. The molecule has 4 aromatic rings. The number of anilines is 2. The monoisotopic (exact) mass is 433 g/mol. The smallest absolute Gasteiger partial charge is 0.133 e. The van der Waals surface area contributed by atoms with Crippen LogP contribution in [0.1, 0.15) is 12.8 Å². The molecule has 0 saturated heterocycles. The predicted molar refractivity (Wildman–Crippen MR) is 132 cm³/mol. The maximum absolute atomic E-state index is 6.07. The van der Waals surface area contributed by atoms with Crippen LogP contribution in [0.3, 0.4) is 0 Å². The van der Waals surface area contributed by atoms with Gasteiger partial charge in [0, 0.05) is 47.0 Å². The Balaban J connectivity index is 1.17. The lowest BCUT2D eigenvalue weighted by molar-refractivity contribution is 0.331. The fourth-order valence-electron chi connectivity index (χ4n) is 3.78. The molecule has 0 saturated carbocycles. The molecule has 0 aliphatic carbocycles. The van der Waals surface area contributed by atoms with Crippen LogP contribution in [0.15, 0.2) is 67.0 Å². The molecule has 2 heterocycles. The van der Waals surface area contributed by atoms with Crippen molar-refractivity contribution in [2.24, 2.45) is 0 Å². The lowest BCUT2D eigenvalue weighted by Crippen LogP contribution is -2.24. The minimum atomic E-state index is 0.712. The van der Waals surface area contributed by atoms with E-state index in [2.05, 4.69) is 56.8 Å². The summed E-state index contributed by atoms with van der Waals surface area (Å²) < 4.78 is 0. The van der Waals surface area contributed by atoms with E-state index < -0.39 is 0 Å². The minimum Gasteiger partial charge on any atom is -0.384 e. The normalized spacial score (nSPS) is 11.3. The zero-order valence-electron chi connectivity index (χ0n) is 17.8. The van der Waals surface area contributed by atoms with Crippen molar-refractivity contribution in [3.05, 3.63) is 72.0 Å². The summed E-state index contributed by atoms with van der Waals surface area (Å²) in [6.45, 7) is 3.93. The van der Waals surface area contributed by atoms with Gasteiger partial charge in [0.1, 0.15) is 5.82 Å². The number of nitrogens with zero attached hydrogens (tertiary/aromatic N) is 3. The number of nitrogens with one attached hydrogen (secondary N) is 2. The van der Waals surface area contributed by atoms with Crippen LogP contribution in [-0.4, -0.2) is 48.1 Å². The SMILES string of the molecule is CN(CCCNc1nccc2ccccc12)CCCNc1ccnc2cc(Cl)ccc12. The molecular weight excluding hydrogens is 406 g/mol. The quantitative estimate of drug-likeness (QED) is 0.315. The van der Waals surface area contributed by atoms with Gasteiger partial charge in [-0.15, -0.1) is 0 Å². The summed E-state index contributed by atoms with van der Waals surface area (Å²) in [5.41, 5.74) is 2.03. The van der Waals surface area contributed by atoms with E-state index >= 15 is 0 Å². The molecule has 2 aromatic heterocycles. The maximum atomic E-state index is 6.07. The molecule has 0 aliphatic heterocycles. The van der Waals surface area contributed by atoms with Crippen LogP contribution in [-0.2, 0) is 0 Å². The summed E-state index contributed by atoms with van der Waals surface area (Å²) in [5.74, 6) is 0.968. The number of rotatable bonds is 10. The van der Waals surface area contributed by atoms with Crippen LogP contribution in [0.4, 0.5) is 11.5 Å². The number of aromatic nitrogens is 2. The number of benzene rings is 2. The summed E-state index contributed by atoms with van der Waals surface area (Å²) in [6, 6.07) is 18.3. The molecule has 0 unspecified atom stereocenters. The Labute approximate surface area is 188 Å². The van der Waals surface area contributed by atoms with Gasteiger partial charge in [-0.2, -0.15) is 0 Å². The lowest BCUT2D eigenvalue weighted by atomic mass is 10.1. The molecule has 0 aliphatic rings. The van der Waals surface area contributed by atoms with E-state index in [9.17, 15) is 0 Å². The van der Waals surface area contributed by atoms with Crippen molar-refractivity contribution < 1.29 is 0 Å². The van der Waals surface area contributed by atoms with Crippen molar-refractivity contribution in [1.29, 1.82) is 0 Å². The summed E-state index contributed by atoms with van der Waals surface area (Å²) in [5, 5.41) is 11.2. The Kier molecular flexibility index (Phi) is 7.18. The zero-order chi connectivity index (χ0) is 21.5. The Morgan fingerprint density at radius 1 is 0.839 bits per heavy atom. The van der Waals surface area contributed by atoms with E-state index in [4.69, 9.17) is 11.6 Å². The first kappa shape index (κ1) is 21.3. The van der Waals surface area contributed by atoms with Crippen LogP contribution in [0.2, 0.25) is 5.02 Å². The molecule has 4 rings (SSSR count). The summed E-state index contributed by atoms with van der Waals surface area (Å²) in [6.07, 6.45) is 5.84. The predicted octanol–water partition coefficient (Wildman–Crippen LogP) is 5.67. The third-order valence-corrected chi connectivity index (χ3v) is 5.65. The van der Waals surface area contributed by atoms with Crippen LogP contribution >= 0.6 is 11.6 Å². The number of fused-ring (bicyclic) bond motifs is 2. The molecule has 6 heteroatoms. The van der Waals surface area contributed by atoms with Crippen LogP contribution in [0.5, 0.6) is 0 Å². The van der Waals surface area contributed by atoms with Gasteiger partial charge in [-0.1, -0.05) is 35.9 Å². The highest BCUT2D eigenvalue weighted by Crippen LogP contribution is 2.24. The van der Waals surface area contributed by atoms with E-state index in [1.165, 1.54) is 10.8 Å². The van der Waals surface area contributed by atoms with Gasteiger partial charge in [0.15, 0.2) is 0 Å². The van der Waals surface area contributed by atoms with Gasteiger partial charge in [-0.05, 0) is 68.7 Å². The van der Waals surface area contributed by atoms with Crippen molar-refractivity contribution in [3.63, 3.8) is 0 Å². The highest BCUT2D eigenvalue weighted by Gasteiger charge is 2.04. The van der Waals surface area contributed by atoms with Crippen molar-refractivity contribution in [2.45, 2.75) is 12.8 Å². The largest absolute Gasteiger partial charge is 0.384 e. The van der Waals surface area contributed by atoms with Crippen molar-refractivity contribution >= 4 is 44.8 Å². The van der Waals surface area contributed by atoms with E-state index in [1.54, 1.807) is 0 Å². The topological polar surface area (TPSA) is 53.1 Å². The second kappa shape index (κ2) is 10.4. The van der Waals surface area contributed by atoms with Crippen LogP contribution < -0.4 is 10.6 Å². The van der Waals surface area contributed by atoms with Gasteiger partial charge in [-0.25, -0.2) is 4.98 Å². The van der Waals surface area contributed by atoms with Gasteiger partial charge < -0.3 is 15.5 Å². The average Bonchev–Trinajstić information content (AvgIpc) is 2.79. The number of hydrogen-bond acceptors (Lipinski definition) is 5. The fraction of sp³-hybridized carbons (Fsp3) is 0.280. The molecule has 0 bridgehead atoms. The summed E-state index contributed by atoms with van der Waals surface area (Å²) >= 11 is 6.07. The van der Waals surface area contributed by atoms with Crippen molar-refractivity contribution in [2.75, 3.05) is 43.9 Å². The van der Waals surface area contributed by atoms with Crippen molar-refractivity contribution in [1.82, 2.24) is 14.9 Å². The molecule has 160 valence electrons. The standard InChI is InChI=1S/C25H28ClN5/c1-31(17-5-13-29-25-21-7-3-2-6-19(21)10-14-30-25)16-4-12-27-23-11-15-28-24-18-20(26)8-9-22(23)24/h2-3,6-11,14-15,18H,4-5,12-13,16-17H2,1H3,(H,27,28)(H,29,30). The van der Waals surface area contributed by atoms with E-state index in [1.807, 2.05) is 42.7 Å². The van der Waals surface area contributed by atoms with E-state index in [0.29, 0.717) is 5.02 Å². The Morgan fingerprint density at radius 2 is 1.61 bits per heavy atom. The van der Waals surface area contributed by atoms with Gasteiger partial charge in [0.25, 0.3) is 0 Å². The Bertz CT molecular complexity index is 1140. The molecule has 0 radical (unpaired) electrons. The van der Waals surface area contributed by atoms with Gasteiger partial charge in [-0.3, -0.25) is 4.98 Å². The van der Waals surface area contributed by atoms with Gasteiger partial charge >= 0.3 is 0 Å². The van der Waals surface area contributed by atoms with E-state index in [0.717, 1.165) is 61.4 Å². The first-order valence-electron chi connectivity index (χ1n) is 10.7. The molecule has 0 fully saturated rings. The molecule has 5 nitrogen and oxygen atoms in total. The number of halogens is 1. The molecule has 31 heavy (non-hydrogen) atoms. The minimum absolute atomic E-state index is 0.712. The van der Waals surface area contributed by atoms with E-state index in [-0.39, 0.29) is 0 Å². The van der Waals surface area contributed by atoms with Crippen LogP contribution in [0, 0.1) is 0 Å². The molecule has 2 N–H and O–H groups in total. The second-order valence-corrected chi connectivity index (χ2v) is 8.20. The number of hydrogen-bond donors (Lipinski definition) is 2. The highest BCUT2D eigenvalue weighted by atomic mass is 35.5. The van der Waals surface area contributed by atoms with Gasteiger partial charge in [0.2, 0.25) is 0 Å². The van der Waals surface area contributed by atoms with Crippen LogP contribution in [0.25, 0.3) is 21.7 Å². The third kappa shape index (κ3) is 5.63. The average molecular weight is 434 g/mol. The molecule has 0 spiro atoms.